The number of hydrogen-bond acceptors (Lipinski definition) is 7. The third kappa shape index (κ3) is 3.95. The molecule has 1 aliphatic heterocycles. The van der Waals surface area contributed by atoms with Crippen LogP contribution in [0.5, 0.6) is 11.5 Å². The van der Waals surface area contributed by atoms with Crippen LogP contribution in [0.4, 0.5) is 0 Å². The Labute approximate surface area is 242 Å². The summed E-state index contributed by atoms with van der Waals surface area (Å²) < 4.78 is 17.0. The third-order valence-corrected chi connectivity index (χ3v) is 8.42. The van der Waals surface area contributed by atoms with Crippen molar-refractivity contribution in [2.24, 2.45) is 5.92 Å². The Hall–Kier alpha value is -4.49. The summed E-state index contributed by atoms with van der Waals surface area (Å²) in [5.74, 6) is -1.45. The number of carbonyl (C=O) groups excluding carboxylic acids is 3. The fourth-order valence-electron chi connectivity index (χ4n) is 5.84. The number of aryl methyl sites for hydroxylation is 1. The number of aromatic nitrogens is 1. The van der Waals surface area contributed by atoms with Crippen LogP contribution < -0.4 is 9.47 Å². The number of halogens is 1. The Morgan fingerprint density at radius 3 is 2.29 bits per heavy atom. The molecule has 41 heavy (non-hydrogen) atoms. The molecule has 0 fully saturated rings. The van der Waals surface area contributed by atoms with Gasteiger partial charge in [-0.3, -0.25) is 9.59 Å². The van der Waals surface area contributed by atoms with Gasteiger partial charge in [0.05, 0.1) is 24.8 Å². The fourth-order valence-corrected chi connectivity index (χ4v) is 6.03. The van der Waals surface area contributed by atoms with Gasteiger partial charge in [0.1, 0.15) is 22.7 Å². The molecule has 0 radical (unpaired) electrons. The van der Waals surface area contributed by atoms with Crippen molar-refractivity contribution in [3.05, 3.63) is 99.8 Å². The topological polar surface area (TPSA) is 91.8 Å². The smallest absolute Gasteiger partial charge is 0.356 e. The highest BCUT2D eigenvalue weighted by atomic mass is 35.5. The van der Waals surface area contributed by atoms with Crippen molar-refractivity contribution in [1.82, 2.24) is 4.98 Å². The van der Waals surface area contributed by atoms with Crippen LogP contribution in [0.3, 0.4) is 0 Å². The molecule has 1 aliphatic carbocycles. The van der Waals surface area contributed by atoms with Crippen LogP contribution >= 0.6 is 11.6 Å². The molecule has 206 valence electrons. The zero-order valence-electron chi connectivity index (χ0n) is 22.9. The second kappa shape index (κ2) is 9.85. The van der Waals surface area contributed by atoms with Gasteiger partial charge in [-0.2, -0.15) is 0 Å². The van der Waals surface area contributed by atoms with Crippen molar-refractivity contribution in [3.63, 3.8) is 0 Å². The maximum atomic E-state index is 14.4. The number of nitrogens with zero attached hydrogens (tertiary/aromatic N) is 1. The van der Waals surface area contributed by atoms with E-state index in [1.165, 1.54) is 20.3 Å². The predicted octanol–water partition coefficient (Wildman–Crippen LogP) is 6.87. The number of methoxy groups -OCH3 is 2. The molecule has 4 aromatic rings. The SMILES string of the molecule is COC(=O)c1cc(-c2ccc(-c3ccccc3)cc2)c2c(n1)C1(Oc3c(Cl)c(C)cc(OC)c3C1=O)C(C)CC2=O. The van der Waals surface area contributed by atoms with Gasteiger partial charge < -0.3 is 14.2 Å². The van der Waals surface area contributed by atoms with Crippen molar-refractivity contribution >= 4 is 29.1 Å². The van der Waals surface area contributed by atoms with Crippen LogP contribution in [0.2, 0.25) is 5.02 Å². The molecule has 2 atom stereocenters. The van der Waals surface area contributed by atoms with Gasteiger partial charge in [-0.05, 0) is 46.9 Å². The van der Waals surface area contributed by atoms with Gasteiger partial charge >= 0.3 is 5.97 Å². The Morgan fingerprint density at radius 1 is 0.976 bits per heavy atom. The Balaban J connectivity index is 1.60. The van der Waals surface area contributed by atoms with Gasteiger partial charge in [0.15, 0.2) is 11.5 Å². The number of hydrogen-bond donors (Lipinski definition) is 0. The van der Waals surface area contributed by atoms with E-state index in [2.05, 4.69) is 4.98 Å². The third-order valence-electron chi connectivity index (χ3n) is 7.95. The van der Waals surface area contributed by atoms with E-state index in [9.17, 15) is 14.4 Å². The second-order valence-electron chi connectivity index (χ2n) is 10.3. The zero-order valence-corrected chi connectivity index (χ0v) is 23.7. The van der Waals surface area contributed by atoms with E-state index in [-0.39, 0.29) is 45.5 Å². The van der Waals surface area contributed by atoms with Crippen molar-refractivity contribution < 1.29 is 28.6 Å². The number of pyridine rings is 1. The minimum absolute atomic E-state index is 0.0278. The van der Waals surface area contributed by atoms with E-state index < -0.39 is 23.3 Å². The average molecular weight is 568 g/mol. The highest BCUT2D eigenvalue weighted by molar-refractivity contribution is 6.34. The molecule has 0 N–H and O–H groups in total. The number of ketones is 2. The maximum Gasteiger partial charge on any atom is 0.356 e. The molecule has 1 aromatic heterocycles. The summed E-state index contributed by atoms with van der Waals surface area (Å²) in [6, 6.07) is 20.8. The first-order valence-corrected chi connectivity index (χ1v) is 13.5. The molecular weight excluding hydrogens is 542 g/mol. The lowest BCUT2D eigenvalue weighted by Crippen LogP contribution is -2.49. The summed E-state index contributed by atoms with van der Waals surface area (Å²) in [5.41, 5.74) is 2.60. The first kappa shape index (κ1) is 26.7. The van der Waals surface area contributed by atoms with Gasteiger partial charge in [0.2, 0.25) is 11.4 Å². The van der Waals surface area contributed by atoms with E-state index in [1.54, 1.807) is 19.9 Å². The van der Waals surface area contributed by atoms with Crippen LogP contribution in [0.25, 0.3) is 22.3 Å². The lowest BCUT2D eigenvalue weighted by Gasteiger charge is -2.38. The molecular formula is C33H26ClNO6. The van der Waals surface area contributed by atoms with Crippen LogP contribution in [0.1, 0.15) is 55.8 Å². The van der Waals surface area contributed by atoms with E-state index in [4.69, 9.17) is 25.8 Å². The number of Topliss-reactive ketones (excluding diaryl/α,β-unsaturated/α-hetero) is 2. The van der Waals surface area contributed by atoms with Crippen molar-refractivity contribution in [2.75, 3.05) is 14.2 Å². The zero-order chi connectivity index (χ0) is 29.1. The monoisotopic (exact) mass is 567 g/mol. The Bertz CT molecular complexity index is 1750. The molecule has 6 rings (SSSR count). The first-order valence-electron chi connectivity index (χ1n) is 13.1. The highest BCUT2D eigenvalue weighted by Crippen LogP contribution is 2.56. The second-order valence-corrected chi connectivity index (χ2v) is 10.7. The fraction of sp³-hybridized carbons (Fsp3) is 0.212. The number of rotatable bonds is 4. The van der Waals surface area contributed by atoms with Crippen LogP contribution in [-0.2, 0) is 10.3 Å². The summed E-state index contributed by atoms with van der Waals surface area (Å²) in [4.78, 5) is 45.5. The number of carbonyl (C=O) groups is 3. The summed E-state index contributed by atoms with van der Waals surface area (Å²) in [5, 5.41) is 0.275. The summed E-state index contributed by atoms with van der Waals surface area (Å²) in [6.45, 7) is 3.55. The van der Waals surface area contributed by atoms with Gasteiger partial charge in [-0.1, -0.05) is 73.1 Å². The normalized spacial score (nSPS) is 19.0. The molecule has 2 heterocycles. The number of benzene rings is 3. The lowest BCUT2D eigenvalue weighted by molar-refractivity contribution is 0.0190. The first-order chi connectivity index (χ1) is 19.7. The molecule has 0 amide bonds. The molecule has 0 saturated carbocycles. The molecule has 3 aromatic carbocycles. The van der Waals surface area contributed by atoms with Gasteiger partial charge in [-0.25, -0.2) is 9.78 Å². The molecule has 2 unspecified atom stereocenters. The predicted molar refractivity (Wildman–Crippen MR) is 154 cm³/mol. The summed E-state index contributed by atoms with van der Waals surface area (Å²) >= 11 is 6.64. The van der Waals surface area contributed by atoms with Gasteiger partial charge in [0, 0.05) is 12.3 Å². The minimum Gasteiger partial charge on any atom is -0.496 e. The van der Waals surface area contributed by atoms with Crippen molar-refractivity contribution in [2.45, 2.75) is 25.9 Å². The number of ether oxygens (including phenoxy) is 3. The molecule has 2 aliphatic rings. The summed E-state index contributed by atoms with van der Waals surface area (Å²) in [7, 11) is 2.72. The van der Waals surface area contributed by atoms with E-state index >= 15 is 0 Å². The lowest BCUT2D eigenvalue weighted by atomic mass is 9.70. The van der Waals surface area contributed by atoms with E-state index in [0.29, 0.717) is 22.4 Å². The van der Waals surface area contributed by atoms with Crippen LogP contribution in [-0.4, -0.2) is 36.7 Å². The largest absolute Gasteiger partial charge is 0.496 e. The van der Waals surface area contributed by atoms with E-state index in [1.807, 2.05) is 54.6 Å². The van der Waals surface area contributed by atoms with Gasteiger partial charge in [0.25, 0.3) is 0 Å². The molecule has 7 nitrogen and oxygen atoms in total. The molecule has 1 spiro atoms. The molecule has 0 bridgehead atoms. The molecule has 8 heteroatoms. The maximum absolute atomic E-state index is 14.4. The van der Waals surface area contributed by atoms with Crippen molar-refractivity contribution in [3.8, 4) is 33.8 Å². The van der Waals surface area contributed by atoms with Crippen molar-refractivity contribution in [1.29, 1.82) is 0 Å². The Kier molecular flexibility index (Phi) is 6.42. The number of esters is 1. The standard InChI is InChI=1S/C33H26ClNO6/c1-17-14-25(39-3)27-29(28(17)34)41-33(31(27)37)18(2)15-24(36)26-22(16-23(32(38)40-4)35-30(26)33)21-12-10-20(11-13-21)19-8-6-5-7-9-19/h5-14,16,18H,15H2,1-4H3. The average Bonchev–Trinajstić information content (AvgIpc) is 3.31. The minimum atomic E-state index is -1.70. The van der Waals surface area contributed by atoms with Crippen LogP contribution in [0.15, 0.2) is 66.7 Å². The van der Waals surface area contributed by atoms with E-state index in [0.717, 1.165) is 11.1 Å². The Morgan fingerprint density at radius 2 is 1.63 bits per heavy atom. The van der Waals surface area contributed by atoms with Gasteiger partial charge in [-0.15, -0.1) is 0 Å². The summed E-state index contributed by atoms with van der Waals surface area (Å²) in [6.07, 6.45) is 0.0278. The molecule has 0 saturated heterocycles. The van der Waals surface area contributed by atoms with Crippen LogP contribution in [0, 0.1) is 12.8 Å². The number of fused-ring (bicyclic) bond motifs is 3. The highest BCUT2D eigenvalue weighted by Gasteiger charge is 2.60. The quantitative estimate of drug-likeness (QED) is 0.249.